The van der Waals surface area contributed by atoms with Crippen LogP contribution in [0.15, 0.2) is 36.4 Å². The van der Waals surface area contributed by atoms with Crippen LogP contribution in [0.2, 0.25) is 0 Å². The Kier molecular flexibility index (Phi) is 2.70. The molecule has 0 fully saturated rings. The van der Waals surface area contributed by atoms with Gasteiger partial charge in [-0.1, -0.05) is 12.1 Å². The number of aromatic nitrogens is 1. The zero-order chi connectivity index (χ0) is 12.4. The van der Waals surface area contributed by atoms with Crippen molar-refractivity contribution < 1.29 is 9.31 Å². The highest BCUT2D eigenvalue weighted by Gasteiger charge is 2.14. The van der Waals surface area contributed by atoms with Gasteiger partial charge in [0.05, 0.1) is 10.6 Å². The van der Waals surface area contributed by atoms with Gasteiger partial charge >= 0.3 is 5.69 Å². The van der Waals surface area contributed by atoms with Gasteiger partial charge in [0.15, 0.2) is 0 Å². The number of halogens is 1. The molecule has 0 aliphatic heterocycles. The standard InChI is InChI=1S/C11H8FN3O2/c12-8-4-2-1-3-7(8)9-5-6-10(15(16)17)11(13)14-9/h1-6H,(H2,13,14). The van der Waals surface area contributed by atoms with Gasteiger partial charge in [-0.2, -0.15) is 0 Å². The van der Waals surface area contributed by atoms with Crippen molar-refractivity contribution >= 4 is 11.5 Å². The van der Waals surface area contributed by atoms with Gasteiger partial charge in [-0.25, -0.2) is 9.37 Å². The molecule has 0 bridgehead atoms. The molecular formula is C11H8FN3O2. The minimum Gasteiger partial charge on any atom is -0.378 e. The second-order valence-corrected chi connectivity index (χ2v) is 3.34. The molecule has 0 radical (unpaired) electrons. The molecule has 5 nitrogen and oxygen atoms in total. The number of pyridine rings is 1. The lowest BCUT2D eigenvalue weighted by molar-refractivity contribution is -0.384. The maximum Gasteiger partial charge on any atom is 0.311 e. The van der Waals surface area contributed by atoms with Crippen molar-refractivity contribution in [2.75, 3.05) is 5.73 Å². The van der Waals surface area contributed by atoms with Gasteiger partial charge < -0.3 is 5.73 Å². The Hall–Kier alpha value is -2.50. The molecule has 86 valence electrons. The van der Waals surface area contributed by atoms with Crippen LogP contribution in [0.3, 0.4) is 0 Å². The molecule has 0 saturated heterocycles. The summed E-state index contributed by atoms with van der Waals surface area (Å²) < 4.78 is 13.5. The molecule has 2 N–H and O–H groups in total. The summed E-state index contributed by atoms with van der Waals surface area (Å²) in [4.78, 5) is 13.7. The SMILES string of the molecule is Nc1nc(-c2ccccc2F)ccc1[N+](=O)[O-]. The van der Waals surface area contributed by atoms with Crippen molar-refractivity contribution in [2.45, 2.75) is 0 Å². The van der Waals surface area contributed by atoms with E-state index in [-0.39, 0.29) is 22.8 Å². The number of nitrogens with two attached hydrogens (primary N) is 1. The van der Waals surface area contributed by atoms with E-state index in [4.69, 9.17) is 5.73 Å². The molecule has 1 aromatic heterocycles. The summed E-state index contributed by atoms with van der Waals surface area (Å²) in [6.45, 7) is 0. The van der Waals surface area contributed by atoms with E-state index in [1.165, 1.54) is 24.3 Å². The monoisotopic (exact) mass is 233 g/mol. The van der Waals surface area contributed by atoms with Gasteiger partial charge in [0, 0.05) is 11.6 Å². The quantitative estimate of drug-likeness (QED) is 0.637. The molecule has 0 amide bonds. The van der Waals surface area contributed by atoms with Crippen LogP contribution in [-0.4, -0.2) is 9.91 Å². The molecule has 1 heterocycles. The Morgan fingerprint density at radius 2 is 1.94 bits per heavy atom. The molecule has 2 aromatic rings. The van der Waals surface area contributed by atoms with Crippen LogP contribution in [0.5, 0.6) is 0 Å². The van der Waals surface area contributed by atoms with Crippen LogP contribution in [0, 0.1) is 15.9 Å². The number of nitrogens with zero attached hydrogens (tertiary/aromatic N) is 2. The predicted octanol–water partition coefficient (Wildman–Crippen LogP) is 2.38. The number of hydrogen-bond donors (Lipinski definition) is 1. The zero-order valence-electron chi connectivity index (χ0n) is 8.63. The highest BCUT2D eigenvalue weighted by Crippen LogP contribution is 2.26. The predicted molar refractivity (Wildman–Crippen MR) is 60.7 cm³/mol. The third-order valence-electron chi connectivity index (χ3n) is 2.25. The largest absolute Gasteiger partial charge is 0.378 e. The normalized spacial score (nSPS) is 10.2. The summed E-state index contributed by atoms with van der Waals surface area (Å²) in [5, 5.41) is 10.5. The van der Waals surface area contributed by atoms with Gasteiger partial charge in [0.1, 0.15) is 5.82 Å². The maximum absolute atomic E-state index is 13.5. The highest BCUT2D eigenvalue weighted by atomic mass is 19.1. The average Bonchev–Trinajstić information content (AvgIpc) is 2.29. The van der Waals surface area contributed by atoms with Gasteiger partial charge in [0.2, 0.25) is 5.82 Å². The Morgan fingerprint density at radius 3 is 2.53 bits per heavy atom. The summed E-state index contributed by atoms with van der Waals surface area (Å²) in [6.07, 6.45) is 0. The molecule has 2 rings (SSSR count). The van der Waals surface area contributed by atoms with Crippen LogP contribution in [-0.2, 0) is 0 Å². The molecule has 1 aromatic carbocycles. The van der Waals surface area contributed by atoms with Crippen molar-refractivity contribution in [3.8, 4) is 11.3 Å². The molecule has 0 saturated carbocycles. The van der Waals surface area contributed by atoms with E-state index in [0.29, 0.717) is 0 Å². The lowest BCUT2D eigenvalue weighted by atomic mass is 10.1. The summed E-state index contributed by atoms with van der Waals surface area (Å²) in [5.41, 5.74) is 5.68. The Bertz CT molecular complexity index is 587. The van der Waals surface area contributed by atoms with Crippen LogP contribution >= 0.6 is 0 Å². The average molecular weight is 233 g/mol. The first-order valence-corrected chi connectivity index (χ1v) is 4.75. The van der Waals surface area contributed by atoms with E-state index in [1.54, 1.807) is 12.1 Å². The molecule has 6 heteroatoms. The summed E-state index contributed by atoms with van der Waals surface area (Å²) in [7, 11) is 0. The smallest absolute Gasteiger partial charge is 0.311 e. The van der Waals surface area contributed by atoms with E-state index in [0.717, 1.165) is 0 Å². The highest BCUT2D eigenvalue weighted by molar-refractivity contribution is 5.65. The lowest BCUT2D eigenvalue weighted by Crippen LogP contribution is -1.99. The van der Waals surface area contributed by atoms with Crippen LogP contribution in [0.25, 0.3) is 11.3 Å². The van der Waals surface area contributed by atoms with Crippen molar-refractivity contribution in [1.82, 2.24) is 4.98 Å². The third kappa shape index (κ3) is 2.05. The van der Waals surface area contributed by atoms with Crippen molar-refractivity contribution in [3.63, 3.8) is 0 Å². The second-order valence-electron chi connectivity index (χ2n) is 3.34. The first-order valence-electron chi connectivity index (χ1n) is 4.75. The fourth-order valence-corrected chi connectivity index (χ4v) is 1.44. The number of benzene rings is 1. The molecule has 0 aliphatic carbocycles. The Balaban J connectivity index is 2.52. The fourth-order valence-electron chi connectivity index (χ4n) is 1.44. The molecular weight excluding hydrogens is 225 g/mol. The van der Waals surface area contributed by atoms with Crippen molar-refractivity contribution in [1.29, 1.82) is 0 Å². The first kappa shape index (κ1) is 11.0. The zero-order valence-corrected chi connectivity index (χ0v) is 8.63. The van der Waals surface area contributed by atoms with E-state index in [9.17, 15) is 14.5 Å². The molecule has 0 unspecified atom stereocenters. The van der Waals surface area contributed by atoms with Gasteiger partial charge in [-0.05, 0) is 18.2 Å². The number of hydrogen-bond acceptors (Lipinski definition) is 4. The Morgan fingerprint density at radius 1 is 1.24 bits per heavy atom. The first-order chi connectivity index (χ1) is 8.09. The van der Waals surface area contributed by atoms with E-state index >= 15 is 0 Å². The topological polar surface area (TPSA) is 82.0 Å². The number of anilines is 1. The lowest BCUT2D eigenvalue weighted by Gasteiger charge is -2.03. The fraction of sp³-hybridized carbons (Fsp3) is 0. The van der Waals surface area contributed by atoms with E-state index in [2.05, 4.69) is 4.98 Å². The van der Waals surface area contributed by atoms with Crippen LogP contribution in [0.1, 0.15) is 0 Å². The summed E-state index contributed by atoms with van der Waals surface area (Å²) >= 11 is 0. The molecule has 0 spiro atoms. The maximum atomic E-state index is 13.5. The second kappa shape index (κ2) is 4.17. The summed E-state index contributed by atoms with van der Waals surface area (Å²) in [6, 6.07) is 8.60. The minimum atomic E-state index is -0.631. The minimum absolute atomic E-state index is 0.226. The van der Waals surface area contributed by atoms with Crippen LogP contribution in [0.4, 0.5) is 15.9 Å². The Labute approximate surface area is 95.9 Å². The number of nitrogen functional groups attached to an aromatic ring is 1. The summed E-state index contributed by atoms with van der Waals surface area (Å²) in [5.74, 6) is -0.677. The van der Waals surface area contributed by atoms with Crippen LogP contribution < -0.4 is 5.73 Å². The van der Waals surface area contributed by atoms with Gasteiger partial charge in [-0.15, -0.1) is 0 Å². The van der Waals surface area contributed by atoms with Crippen molar-refractivity contribution in [2.24, 2.45) is 0 Å². The van der Waals surface area contributed by atoms with Gasteiger partial charge in [0.25, 0.3) is 0 Å². The van der Waals surface area contributed by atoms with E-state index < -0.39 is 10.7 Å². The van der Waals surface area contributed by atoms with E-state index in [1.807, 2.05) is 0 Å². The molecule has 17 heavy (non-hydrogen) atoms. The molecule has 0 aliphatic rings. The number of nitro groups is 1. The van der Waals surface area contributed by atoms with Crippen molar-refractivity contribution in [3.05, 3.63) is 52.3 Å². The van der Waals surface area contributed by atoms with Gasteiger partial charge in [-0.3, -0.25) is 10.1 Å². The molecule has 0 atom stereocenters. The third-order valence-corrected chi connectivity index (χ3v) is 2.25. The number of rotatable bonds is 2.